The van der Waals surface area contributed by atoms with Gasteiger partial charge in [0.25, 0.3) is 0 Å². The Kier molecular flexibility index (Phi) is 6.70. The van der Waals surface area contributed by atoms with Gasteiger partial charge >= 0.3 is 12.2 Å². The molecule has 1 saturated heterocycles. The molecule has 1 spiro atoms. The predicted molar refractivity (Wildman–Crippen MR) is 111 cm³/mol. The molecule has 2 aliphatic rings. The minimum atomic E-state index is -0.441. The van der Waals surface area contributed by atoms with E-state index < -0.39 is 5.60 Å². The second-order valence-electron chi connectivity index (χ2n) is 9.52. The summed E-state index contributed by atoms with van der Waals surface area (Å²) in [4.78, 5) is 25.9. The fourth-order valence-corrected chi connectivity index (χ4v) is 4.42. The third kappa shape index (κ3) is 6.38. The third-order valence-corrected chi connectivity index (χ3v) is 5.95. The topological polar surface area (TPSA) is 67.9 Å². The van der Waals surface area contributed by atoms with Gasteiger partial charge in [0.1, 0.15) is 12.2 Å². The Morgan fingerprint density at radius 3 is 2.41 bits per heavy atom. The van der Waals surface area contributed by atoms with Crippen LogP contribution in [0.1, 0.15) is 58.4 Å². The number of likely N-dealkylation sites (tertiary alicyclic amines) is 1. The summed E-state index contributed by atoms with van der Waals surface area (Å²) >= 11 is 0. The van der Waals surface area contributed by atoms with Gasteiger partial charge in [-0.1, -0.05) is 30.3 Å². The average Bonchev–Trinajstić information content (AvgIpc) is 2.65. The maximum absolute atomic E-state index is 12.2. The molecule has 29 heavy (non-hydrogen) atoms. The van der Waals surface area contributed by atoms with Gasteiger partial charge in [-0.25, -0.2) is 9.59 Å². The molecule has 3 rings (SSSR count). The van der Waals surface area contributed by atoms with Gasteiger partial charge in [-0.2, -0.15) is 0 Å². The molecule has 1 aromatic rings. The first-order valence-corrected chi connectivity index (χ1v) is 10.7. The molecule has 0 unspecified atom stereocenters. The van der Waals surface area contributed by atoms with Gasteiger partial charge in [-0.3, -0.25) is 0 Å². The minimum absolute atomic E-state index is 0.193. The molecule has 0 aromatic heterocycles. The van der Waals surface area contributed by atoms with Crippen LogP contribution < -0.4 is 5.32 Å². The third-order valence-electron chi connectivity index (χ3n) is 5.95. The van der Waals surface area contributed by atoms with Crippen LogP contribution in [0.5, 0.6) is 0 Å². The molecule has 1 aliphatic heterocycles. The molecule has 1 N–H and O–H groups in total. The SMILES string of the molecule is CC(C)(C)OC(=O)N1CCC2(CC1)CC(CCNC(=O)OCc1ccccc1)C2. The molecular formula is C23H34N2O4. The second-order valence-corrected chi connectivity index (χ2v) is 9.52. The number of amides is 2. The van der Waals surface area contributed by atoms with Gasteiger partial charge in [0, 0.05) is 19.6 Å². The maximum atomic E-state index is 12.2. The summed E-state index contributed by atoms with van der Waals surface area (Å²) in [7, 11) is 0. The predicted octanol–water partition coefficient (Wildman–Crippen LogP) is 4.73. The van der Waals surface area contributed by atoms with Crippen LogP contribution in [0.25, 0.3) is 0 Å². The van der Waals surface area contributed by atoms with Crippen molar-refractivity contribution in [2.45, 2.75) is 65.1 Å². The van der Waals surface area contributed by atoms with Crippen LogP contribution in [0.3, 0.4) is 0 Å². The number of benzene rings is 1. The molecule has 1 aromatic carbocycles. The molecule has 1 heterocycles. The Morgan fingerprint density at radius 2 is 1.79 bits per heavy atom. The lowest BCUT2D eigenvalue weighted by Crippen LogP contribution is -2.50. The smallest absolute Gasteiger partial charge is 0.410 e. The molecule has 2 fully saturated rings. The van der Waals surface area contributed by atoms with Gasteiger partial charge in [-0.15, -0.1) is 0 Å². The first-order valence-electron chi connectivity index (χ1n) is 10.7. The Hall–Kier alpha value is -2.24. The standard InChI is InChI=1S/C23H34N2O4/c1-22(2,3)29-21(27)25-13-10-23(11-14-25)15-19(16-23)9-12-24-20(26)28-17-18-7-5-4-6-8-18/h4-8,19H,9-17H2,1-3H3,(H,24,26). The molecule has 1 saturated carbocycles. The zero-order chi connectivity index (χ0) is 20.9. The molecule has 160 valence electrons. The number of alkyl carbamates (subject to hydrolysis) is 1. The van der Waals surface area contributed by atoms with Crippen LogP contribution in [0, 0.1) is 11.3 Å². The van der Waals surface area contributed by atoms with Crippen molar-refractivity contribution in [2.24, 2.45) is 11.3 Å². The Bertz CT molecular complexity index is 683. The van der Waals surface area contributed by atoms with E-state index in [0.29, 0.717) is 24.5 Å². The summed E-state index contributed by atoms with van der Waals surface area (Å²) in [6, 6.07) is 9.68. The zero-order valence-electron chi connectivity index (χ0n) is 17.9. The number of hydrogen-bond acceptors (Lipinski definition) is 4. The fourth-order valence-electron chi connectivity index (χ4n) is 4.42. The molecular weight excluding hydrogens is 368 g/mol. The molecule has 0 radical (unpaired) electrons. The van der Waals surface area contributed by atoms with Crippen molar-refractivity contribution in [2.75, 3.05) is 19.6 Å². The summed E-state index contributed by atoms with van der Waals surface area (Å²) in [6.07, 6.45) is 4.92. The van der Waals surface area contributed by atoms with Crippen LogP contribution in [-0.4, -0.2) is 42.3 Å². The second kappa shape index (κ2) is 9.06. The Morgan fingerprint density at radius 1 is 1.14 bits per heavy atom. The largest absolute Gasteiger partial charge is 0.445 e. The van der Waals surface area contributed by atoms with Gasteiger partial charge in [-0.05, 0) is 69.8 Å². The van der Waals surface area contributed by atoms with E-state index in [1.165, 1.54) is 12.8 Å². The Labute approximate surface area is 173 Å². The van der Waals surface area contributed by atoms with E-state index in [4.69, 9.17) is 9.47 Å². The normalized spacial score (nSPS) is 18.8. The van der Waals surface area contributed by atoms with Gasteiger partial charge in [0.05, 0.1) is 0 Å². The van der Waals surface area contributed by atoms with E-state index in [0.717, 1.165) is 37.9 Å². The van der Waals surface area contributed by atoms with Gasteiger partial charge in [0.15, 0.2) is 0 Å². The van der Waals surface area contributed by atoms with E-state index in [2.05, 4.69) is 5.32 Å². The van der Waals surface area contributed by atoms with Crippen molar-refractivity contribution in [1.29, 1.82) is 0 Å². The summed E-state index contributed by atoms with van der Waals surface area (Å²) in [5, 5.41) is 2.86. The highest BCUT2D eigenvalue weighted by atomic mass is 16.6. The number of carbonyl (C=O) groups excluding carboxylic acids is 2. The summed E-state index contributed by atoms with van der Waals surface area (Å²) < 4.78 is 10.7. The van der Waals surface area contributed by atoms with Crippen molar-refractivity contribution in [3.63, 3.8) is 0 Å². The fraction of sp³-hybridized carbons (Fsp3) is 0.652. The van der Waals surface area contributed by atoms with Crippen molar-refractivity contribution in [3.05, 3.63) is 35.9 Å². The van der Waals surface area contributed by atoms with Gasteiger partial charge < -0.3 is 19.7 Å². The average molecular weight is 403 g/mol. The molecule has 0 atom stereocenters. The van der Waals surface area contributed by atoms with E-state index in [1.807, 2.05) is 56.0 Å². The molecule has 2 amide bonds. The van der Waals surface area contributed by atoms with E-state index in [9.17, 15) is 9.59 Å². The van der Waals surface area contributed by atoms with Crippen molar-refractivity contribution in [3.8, 4) is 0 Å². The molecule has 1 aliphatic carbocycles. The molecule has 6 nitrogen and oxygen atoms in total. The zero-order valence-corrected chi connectivity index (χ0v) is 17.9. The lowest BCUT2D eigenvalue weighted by atomic mass is 9.57. The van der Waals surface area contributed by atoms with Crippen molar-refractivity contribution >= 4 is 12.2 Å². The van der Waals surface area contributed by atoms with Crippen molar-refractivity contribution in [1.82, 2.24) is 10.2 Å². The van der Waals surface area contributed by atoms with E-state index in [-0.39, 0.29) is 12.2 Å². The van der Waals surface area contributed by atoms with Crippen LogP contribution in [-0.2, 0) is 16.1 Å². The summed E-state index contributed by atoms with van der Waals surface area (Å²) in [5.74, 6) is 0.650. The highest BCUT2D eigenvalue weighted by Gasteiger charge is 2.46. The number of piperidine rings is 1. The first-order chi connectivity index (χ1) is 13.7. The lowest BCUT2D eigenvalue weighted by Gasteiger charge is -2.52. The monoisotopic (exact) mass is 402 g/mol. The van der Waals surface area contributed by atoms with Crippen molar-refractivity contribution < 1.29 is 19.1 Å². The summed E-state index contributed by atoms with van der Waals surface area (Å²) in [5.41, 5.74) is 0.932. The Balaban J connectivity index is 1.28. The molecule has 6 heteroatoms. The van der Waals surface area contributed by atoms with Crippen LogP contribution in [0.15, 0.2) is 30.3 Å². The van der Waals surface area contributed by atoms with E-state index in [1.54, 1.807) is 0 Å². The van der Waals surface area contributed by atoms with Gasteiger partial charge in [0.2, 0.25) is 0 Å². The van der Waals surface area contributed by atoms with E-state index >= 15 is 0 Å². The number of ether oxygens (including phenoxy) is 2. The van der Waals surface area contributed by atoms with Crippen LogP contribution in [0.2, 0.25) is 0 Å². The summed E-state index contributed by atoms with van der Waals surface area (Å²) in [6.45, 7) is 8.22. The number of hydrogen-bond donors (Lipinski definition) is 1. The first kappa shape index (κ1) is 21.5. The number of nitrogens with one attached hydrogen (secondary N) is 1. The number of rotatable bonds is 5. The van der Waals surface area contributed by atoms with Crippen LogP contribution >= 0.6 is 0 Å². The van der Waals surface area contributed by atoms with Crippen LogP contribution in [0.4, 0.5) is 9.59 Å². The number of nitrogens with zero attached hydrogens (tertiary/aromatic N) is 1. The quantitative estimate of drug-likeness (QED) is 0.773. The minimum Gasteiger partial charge on any atom is -0.445 e. The highest BCUT2D eigenvalue weighted by Crippen LogP contribution is 2.53. The lowest BCUT2D eigenvalue weighted by molar-refractivity contribution is -0.0288. The molecule has 0 bridgehead atoms. The maximum Gasteiger partial charge on any atom is 0.410 e. The highest BCUT2D eigenvalue weighted by molar-refractivity contribution is 5.68. The number of carbonyl (C=O) groups is 2.